The van der Waals surface area contributed by atoms with Gasteiger partial charge in [-0.05, 0) is 36.8 Å². The third-order valence-corrected chi connectivity index (χ3v) is 2.87. The molecule has 1 aromatic carbocycles. The van der Waals surface area contributed by atoms with Gasteiger partial charge in [0.1, 0.15) is 0 Å². The van der Waals surface area contributed by atoms with Gasteiger partial charge in [-0.2, -0.15) is 0 Å². The SMILES string of the molecule is CCCCCC(=O)NC(=S)Nc1cccc(C(N)=O)c1. The molecule has 0 aliphatic carbocycles. The van der Waals surface area contributed by atoms with E-state index in [0.717, 1.165) is 19.3 Å². The van der Waals surface area contributed by atoms with E-state index in [9.17, 15) is 9.59 Å². The normalized spacial score (nSPS) is 9.85. The monoisotopic (exact) mass is 293 g/mol. The molecule has 4 N–H and O–H groups in total. The van der Waals surface area contributed by atoms with Gasteiger partial charge in [0.15, 0.2) is 5.11 Å². The smallest absolute Gasteiger partial charge is 0.248 e. The highest BCUT2D eigenvalue weighted by Crippen LogP contribution is 2.10. The van der Waals surface area contributed by atoms with Crippen LogP contribution in [0.25, 0.3) is 0 Å². The van der Waals surface area contributed by atoms with Crippen molar-refractivity contribution in [2.75, 3.05) is 5.32 Å². The van der Waals surface area contributed by atoms with Crippen LogP contribution < -0.4 is 16.4 Å². The van der Waals surface area contributed by atoms with E-state index < -0.39 is 5.91 Å². The Morgan fingerprint density at radius 3 is 2.70 bits per heavy atom. The van der Waals surface area contributed by atoms with E-state index in [0.29, 0.717) is 17.7 Å². The highest BCUT2D eigenvalue weighted by molar-refractivity contribution is 7.80. The van der Waals surface area contributed by atoms with Crippen molar-refractivity contribution in [3.63, 3.8) is 0 Å². The number of carbonyl (C=O) groups is 2. The first kappa shape index (κ1) is 16.1. The number of rotatable bonds is 6. The summed E-state index contributed by atoms with van der Waals surface area (Å²) in [6.07, 6.45) is 3.39. The highest BCUT2D eigenvalue weighted by atomic mass is 32.1. The van der Waals surface area contributed by atoms with Crippen LogP contribution in [0.5, 0.6) is 0 Å². The average molecular weight is 293 g/mol. The molecule has 0 aliphatic rings. The zero-order chi connectivity index (χ0) is 15.0. The van der Waals surface area contributed by atoms with Gasteiger partial charge in [0, 0.05) is 17.7 Å². The van der Waals surface area contributed by atoms with Crippen molar-refractivity contribution < 1.29 is 9.59 Å². The van der Waals surface area contributed by atoms with Gasteiger partial charge in [0.05, 0.1) is 0 Å². The molecule has 0 spiro atoms. The van der Waals surface area contributed by atoms with E-state index >= 15 is 0 Å². The summed E-state index contributed by atoms with van der Waals surface area (Å²) >= 11 is 5.04. The van der Waals surface area contributed by atoms with Crippen LogP contribution in [0, 0.1) is 0 Å². The number of nitrogens with one attached hydrogen (secondary N) is 2. The second-order valence-electron chi connectivity index (χ2n) is 4.40. The summed E-state index contributed by atoms with van der Waals surface area (Å²) < 4.78 is 0. The fourth-order valence-corrected chi connectivity index (χ4v) is 1.87. The summed E-state index contributed by atoms with van der Waals surface area (Å²) in [6.45, 7) is 2.08. The summed E-state index contributed by atoms with van der Waals surface area (Å²) in [6, 6.07) is 6.62. The number of carbonyl (C=O) groups excluding carboxylic acids is 2. The quantitative estimate of drug-likeness (QED) is 0.554. The molecule has 0 saturated heterocycles. The van der Waals surface area contributed by atoms with E-state index in [1.165, 1.54) is 0 Å². The van der Waals surface area contributed by atoms with Crippen molar-refractivity contribution in [3.8, 4) is 0 Å². The number of benzene rings is 1. The largest absolute Gasteiger partial charge is 0.366 e. The minimum Gasteiger partial charge on any atom is -0.366 e. The van der Waals surface area contributed by atoms with Gasteiger partial charge in [-0.15, -0.1) is 0 Å². The molecule has 6 heteroatoms. The van der Waals surface area contributed by atoms with Gasteiger partial charge < -0.3 is 16.4 Å². The molecule has 20 heavy (non-hydrogen) atoms. The van der Waals surface area contributed by atoms with Crippen molar-refractivity contribution in [1.82, 2.24) is 5.32 Å². The van der Waals surface area contributed by atoms with Crippen LogP contribution in [-0.4, -0.2) is 16.9 Å². The number of hydrogen-bond donors (Lipinski definition) is 3. The number of amides is 2. The molecular weight excluding hydrogens is 274 g/mol. The molecule has 0 aromatic heterocycles. The van der Waals surface area contributed by atoms with Crippen LogP contribution in [-0.2, 0) is 4.79 Å². The molecule has 0 saturated carbocycles. The highest BCUT2D eigenvalue weighted by Gasteiger charge is 2.06. The third kappa shape index (κ3) is 5.79. The van der Waals surface area contributed by atoms with E-state index in [-0.39, 0.29) is 11.0 Å². The Kier molecular flexibility index (Phi) is 6.66. The maximum Gasteiger partial charge on any atom is 0.248 e. The lowest BCUT2D eigenvalue weighted by Gasteiger charge is -2.10. The van der Waals surface area contributed by atoms with Crippen LogP contribution in [0.2, 0.25) is 0 Å². The van der Waals surface area contributed by atoms with Gasteiger partial charge >= 0.3 is 0 Å². The Bertz CT molecular complexity index is 503. The molecule has 1 aromatic rings. The second kappa shape index (κ2) is 8.27. The Labute approximate surface area is 123 Å². The van der Waals surface area contributed by atoms with Gasteiger partial charge in [-0.1, -0.05) is 25.8 Å². The Morgan fingerprint density at radius 1 is 1.30 bits per heavy atom. The molecule has 2 amide bonds. The fraction of sp³-hybridized carbons (Fsp3) is 0.357. The second-order valence-corrected chi connectivity index (χ2v) is 4.81. The number of primary amides is 1. The molecule has 0 unspecified atom stereocenters. The minimum atomic E-state index is -0.511. The molecule has 0 bridgehead atoms. The fourth-order valence-electron chi connectivity index (χ4n) is 1.64. The van der Waals surface area contributed by atoms with Crippen LogP contribution in [0.3, 0.4) is 0 Å². The Morgan fingerprint density at radius 2 is 2.05 bits per heavy atom. The van der Waals surface area contributed by atoms with Gasteiger partial charge in [-0.25, -0.2) is 0 Å². The average Bonchev–Trinajstić information content (AvgIpc) is 2.39. The third-order valence-electron chi connectivity index (χ3n) is 2.67. The lowest BCUT2D eigenvalue weighted by atomic mass is 10.2. The first-order chi connectivity index (χ1) is 9.52. The van der Waals surface area contributed by atoms with E-state index in [2.05, 4.69) is 17.6 Å². The first-order valence-electron chi connectivity index (χ1n) is 6.53. The van der Waals surface area contributed by atoms with E-state index in [1.54, 1.807) is 24.3 Å². The van der Waals surface area contributed by atoms with Crippen LogP contribution in [0.15, 0.2) is 24.3 Å². The topological polar surface area (TPSA) is 84.2 Å². The van der Waals surface area contributed by atoms with Gasteiger partial charge in [0.25, 0.3) is 0 Å². The number of anilines is 1. The number of nitrogens with two attached hydrogens (primary N) is 1. The van der Waals surface area contributed by atoms with Crippen molar-refractivity contribution in [3.05, 3.63) is 29.8 Å². The summed E-state index contributed by atoms with van der Waals surface area (Å²) in [7, 11) is 0. The first-order valence-corrected chi connectivity index (χ1v) is 6.94. The minimum absolute atomic E-state index is 0.109. The molecule has 0 heterocycles. The van der Waals surface area contributed by atoms with Crippen molar-refractivity contribution >= 4 is 34.8 Å². The molecule has 0 fully saturated rings. The van der Waals surface area contributed by atoms with Crippen LogP contribution in [0.4, 0.5) is 5.69 Å². The van der Waals surface area contributed by atoms with E-state index in [4.69, 9.17) is 18.0 Å². The maximum atomic E-state index is 11.6. The molecule has 5 nitrogen and oxygen atoms in total. The zero-order valence-corrected chi connectivity index (χ0v) is 12.3. The molecular formula is C14H19N3O2S. The van der Waals surface area contributed by atoms with Crippen molar-refractivity contribution in [2.24, 2.45) is 5.73 Å². The summed E-state index contributed by atoms with van der Waals surface area (Å²) in [4.78, 5) is 22.6. The Balaban J connectivity index is 2.48. The predicted octanol–water partition coefficient (Wildman–Crippen LogP) is 2.18. The molecule has 108 valence electrons. The summed E-state index contributed by atoms with van der Waals surface area (Å²) in [5.74, 6) is -0.620. The summed E-state index contributed by atoms with van der Waals surface area (Å²) in [5, 5.41) is 5.67. The summed E-state index contributed by atoms with van der Waals surface area (Å²) in [5.41, 5.74) is 6.19. The van der Waals surface area contributed by atoms with Crippen molar-refractivity contribution in [2.45, 2.75) is 32.6 Å². The number of unbranched alkanes of at least 4 members (excludes halogenated alkanes) is 2. The maximum absolute atomic E-state index is 11.6. The zero-order valence-electron chi connectivity index (χ0n) is 11.4. The van der Waals surface area contributed by atoms with Crippen LogP contribution in [0.1, 0.15) is 43.0 Å². The lowest BCUT2D eigenvalue weighted by molar-refractivity contribution is -0.119. The Hall–Kier alpha value is -1.95. The van der Waals surface area contributed by atoms with Gasteiger partial charge in [-0.3, -0.25) is 9.59 Å². The van der Waals surface area contributed by atoms with Crippen LogP contribution >= 0.6 is 12.2 Å². The van der Waals surface area contributed by atoms with Crippen molar-refractivity contribution in [1.29, 1.82) is 0 Å². The lowest BCUT2D eigenvalue weighted by Crippen LogP contribution is -2.34. The van der Waals surface area contributed by atoms with Gasteiger partial charge in [0.2, 0.25) is 11.8 Å². The standard InChI is InChI=1S/C14H19N3O2S/c1-2-3-4-8-12(18)17-14(20)16-11-7-5-6-10(9-11)13(15)19/h5-7,9H,2-4,8H2,1H3,(H2,15,19)(H2,16,17,18,20). The number of thiocarbonyl (C=S) groups is 1. The molecule has 0 atom stereocenters. The number of hydrogen-bond acceptors (Lipinski definition) is 3. The van der Waals surface area contributed by atoms with E-state index in [1.807, 2.05) is 0 Å². The molecule has 0 radical (unpaired) electrons. The predicted molar refractivity (Wildman–Crippen MR) is 83.5 cm³/mol. The molecule has 1 rings (SSSR count). The molecule has 0 aliphatic heterocycles.